The first-order valence-electron chi connectivity index (χ1n) is 10.0. The van der Waals surface area contributed by atoms with Crippen LogP contribution in [0.5, 0.6) is 0 Å². The Morgan fingerprint density at radius 1 is 1.21 bits per heavy atom. The van der Waals surface area contributed by atoms with E-state index in [1.165, 1.54) is 19.3 Å². The molecule has 1 unspecified atom stereocenters. The van der Waals surface area contributed by atoms with Gasteiger partial charge >= 0.3 is 0 Å². The highest BCUT2D eigenvalue weighted by molar-refractivity contribution is 14.0. The van der Waals surface area contributed by atoms with E-state index in [0.29, 0.717) is 19.1 Å². The highest BCUT2D eigenvalue weighted by atomic mass is 127. The van der Waals surface area contributed by atoms with Crippen molar-refractivity contribution in [1.82, 2.24) is 15.5 Å². The SMILES string of the molecule is CCCCCC(C)NC(=NCc1cccc(NC(=O)CN(C)C)c1)NCC.I. The highest BCUT2D eigenvalue weighted by Gasteiger charge is 2.06. The van der Waals surface area contributed by atoms with E-state index >= 15 is 0 Å². The van der Waals surface area contributed by atoms with Gasteiger partial charge in [0, 0.05) is 18.3 Å². The van der Waals surface area contributed by atoms with Crippen LogP contribution in [0.2, 0.25) is 0 Å². The summed E-state index contributed by atoms with van der Waals surface area (Å²) in [7, 11) is 3.76. The minimum absolute atomic E-state index is 0. The fourth-order valence-electron chi connectivity index (χ4n) is 2.73. The van der Waals surface area contributed by atoms with Gasteiger partial charge in [-0.05, 0) is 52.1 Å². The summed E-state index contributed by atoms with van der Waals surface area (Å²) in [6.45, 7) is 8.25. The number of guanidine groups is 1. The number of hydrogen-bond donors (Lipinski definition) is 3. The van der Waals surface area contributed by atoms with Crippen LogP contribution in [0.1, 0.15) is 52.0 Å². The molecule has 0 saturated heterocycles. The van der Waals surface area contributed by atoms with Crippen molar-refractivity contribution in [2.75, 3.05) is 32.5 Å². The standard InChI is InChI=1S/C21H37N5O.HI/c1-6-8-9-11-17(3)24-21(22-7-2)23-15-18-12-10-13-19(14-18)25-20(27)16-26(4)5;/h10,12-14,17H,6-9,11,15-16H2,1-5H3,(H,25,27)(H2,22,23,24);1H. The lowest BCUT2D eigenvalue weighted by atomic mass is 10.1. The first kappa shape index (κ1) is 26.6. The van der Waals surface area contributed by atoms with E-state index in [1.807, 2.05) is 43.3 Å². The van der Waals surface area contributed by atoms with Gasteiger partial charge in [0.25, 0.3) is 0 Å². The Morgan fingerprint density at radius 3 is 2.61 bits per heavy atom. The molecule has 1 atom stereocenters. The van der Waals surface area contributed by atoms with Crippen LogP contribution in [0.4, 0.5) is 5.69 Å². The van der Waals surface area contributed by atoms with Crippen LogP contribution >= 0.6 is 24.0 Å². The molecule has 0 aromatic heterocycles. The number of unbranched alkanes of at least 4 members (excludes halogenated alkanes) is 2. The molecule has 0 fully saturated rings. The van der Waals surface area contributed by atoms with Crippen molar-refractivity contribution in [3.8, 4) is 0 Å². The molecular formula is C21H38IN5O. The van der Waals surface area contributed by atoms with Crippen LogP contribution in [-0.4, -0.2) is 50.0 Å². The number of nitrogens with one attached hydrogen (secondary N) is 3. The first-order chi connectivity index (χ1) is 12.9. The number of anilines is 1. The number of carbonyl (C=O) groups excluding carboxylic acids is 1. The largest absolute Gasteiger partial charge is 0.357 e. The molecule has 1 rings (SSSR count). The van der Waals surface area contributed by atoms with Crippen molar-refractivity contribution in [1.29, 1.82) is 0 Å². The molecule has 0 aliphatic carbocycles. The van der Waals surface area contributed by atoms with Gasteiger partial charge in [0.15, 0.2) is 5.96 Å². The zero-order valence-corrected chi connectivity index (χ0v) is 20.4. The van der Waals surface area contributed by atoms with Crippen LogP contribution < -0.4 is 16.0 Å². The Morgan fingerprint density at radius 2 is 1.96 bits per heavy atom. The average molecular weight is 503 g/mol. The van der Waals surface area contributed by atoms with Gasteiger partial charge in [0.2, 0.25) is 5.91 Å². The van der Waals surface area contributed by atoms with Gasteiger partial charge in [-0.15, -0.1) is 24.0 Å². The lowest BCUT2D eigenvalue weighted by molar-refractivity contribution is -0.116. The van der Waals surface area contributed by atoms with E-state index in [4.69, 9.17) is 4.99 Å². The van der Waals surface area contributed by atoms with E-state index in [0.717, 1.165) is 30.2 Å². The summed E-state index contributed by atoms with van der Waals surface area (Å²) in [5.74, 6) is 0.820. The van der Waals surface area contributed by atoms with Crippen LogP contribution in [0.3, 0.4) is 0 Å². The zero-order valence-electron chi connectivity index (χ0n) is 18.0. The van der Waals surface area contributed by atoms with Gasteiger partial charge < -0.3 is 20.9 Å². The molecule has 7 heteroatoms. The maximum atomic E-state index is 11.9. The molecule has 3 N–H and O–H groups in total. The van der Waals surface area contributed by atoms with Crippen molar-refractivity contribution in [3.63, 3.8) is 0 Å². The Balaban J connectivity index is 0.00000729. The highest BCUT2D eigenvalue weighted by Crippen LogP contribution is 2.12. The second-order valence-corrected chi connectivity index (χ2v) is 7.22. The van der Waals surface area contributed by atoms with Crippen molar-refractivity contribution in [3.05, 3.63) is 29.8 Å². The molecule has 1 aromatic rings. The number of nitrogens with zero attached hydrogens (tertiary/aromatic N) is 2. The van der Waals surface area contributed by atoms with Crippen molar-refractivity contribution in [2.45, 2.75) is 59.0 Å². The second kappa shape index (κ2) is 15.6. The molecule has 1 aromatic carbocycles. The van der Waals surface area contributed by atoms with Gasteiger partial charge in [-0.3, -0.25) is 4.79 Å². The topological polar surface area (TPSA) is 68.8 Å². The lowest BCUT2D eigenvalue weighted by Crippen LogP contribution is -2.42. The van der Waals surface area contributed by atoms with E-state index in [9.17, 15) is 4.79 Å². The molecule has 160 valence electrons. The van der Waals surface area contributed by atoms with Crippen LogP contribution in [0, 0.1) is 0 Å². The number of aliphatic imine (C=N–C) groups is 1. The van der Waals surface area contributed by atoms with Crippen LogP contribution in [0.15, 0.2) is 29.3 Å². The fourth-order valence-corrected chi connectivity index (χ4v) is 2.73. The molecule has 0 radical (unpaired) electrons. The first-order valence-corrected chi connectivity index (χ1v) is 10.0. The van der Waals surface area contributed by atoms with E-state index in [-0.39, 0.29) is 29.9 Å². The molecule has 1 amide bonds. The number of rotatable bonds is 11. The van der Waals surface area contributed by atoms with Gasteiger partial charge in [-0.2, -0.15) is 0 Å². The molecular weight excluding hydrogens is 465 g/mol. The zero-order chi connectivity index (χ0) is 20.1. The van der Waals surface area contributed by atoms with Gasteiger partial charge in [0.1, 0.15) is 0 Å². The molecule has 0 heterocycles. The molecule has 0 spiro atoms. The summed E-state index contributed by atoms with van der Waals surface area (Å²) in [4.78, 5) is 18.5. The monoisotopic (exact) mass is 503 g/mol. The fraction of sp³-hybridized carbons (Fsp3) is 0.619. The summed E-state index contributed by atoms with van der Waals surface area (Å²) in [6, 6.07) is 8.25. The Bertz CT molecular complexity index is 592. The maximum Gasteiger partial charge on any atom is 0.238 e. The van der Waals surface area contributed by atoms with Crippen molar-refractivity contribution >= 4 is 41.5 Å². The molecule has 0 aliphatic heterocycles. The summed E-state index contributed by atoms with van der Waals surface area (Å²) in [6.07, 6.45) is 4.89. The smallest absolute Gasteiger partial charge is 0.238 e. The van der Waals surface area contributed by atoms with Crippen LogP contribution in [0.25, 0.3) is 0 Å². The summed E-state index contributed by atoms with van der Waals surface area (Å²) in [5, 5.41) is 9.71. The van der Waals surface area contributed by atoms with E-state index in [1.54, 1.807) is 0 Å². The van der Waals surface area contributed by atoms with Crippen molar-refractivity contribution < 1.29 is 4.79 Å². The quantitative estimate of drug-likeness (QED) is 0.186. The minimum Gasteiger partial charge on any atom is -0.357 e. The van der Waals surface area contributed by atoms with Crippen molar-refractivity contribution in [2.24, 2.45) is 4.99 Å². The van der Waals surface area contributed by atoms with Gasteiger partial charge in [-0.1, -0.05) is 38.3 Å². The maximum absolute atomic E-state index is 11.9. The third-order valence-electron chi connectivity index (χ3n) is 4.06. The second-order valence-electron chi connectivity index (χ2n) is 7.22. The Labute approximate surface area is 188 Å². The number of carbonyl (C=O) groups is 1. The third-order valence-corrected chi connectivity index (χ3v) is 4.06. The number of amides is 1. The number of hydrogen-bond acceptors (Lipinski definition) is 3. The number of halogens is 1. The summed E-state index contributed by atoms with van der Waals surface area (Å²) >= 11 is 0. The van der Waals surface area contributed by atoms with Crippen LogP contribution in [-0.2, 0) is 11.3 Å². The molecule has 0 aliphatic rings. The molecule has 28 heavy (non-hydrogen) atoms. The minimum atomic E-state index is -0.0171. The van der Waals surface area contributed by atoms with E-state index < -0.39 is 0 Å². The summed E-state index contributed by atoms with van der Waals surface area (Å²) in [5.41, 5.74) is 1.87. The predicted octanol–water partition coefficient (Wildman–Crippen LogP) is 3.83. The summed E-state index contributed by atoms with van der Waals surface area (Å²) < 4.78 is 0. The molecule has 0 bridgehead atoms. The average Bonchev–Trinajstić information content (AvgIpc) is 2.59. The Hall–Kier alpha value is -1.35. The normalized spacial score (nSPS) is 12.3. The van der Waals surface area contributed by atoms with Gasteiger partial charge in [0.05, 0.1) is 13.1 Å². The number of likely N-dealkylation sites (N-methyl/N-ethyl adjacent to an activating group) is 1. The Kier molecular flexibility index (Phi) is 14.8. The van der Waals surface area contributed by atoms with Gasteiger partial charge in [-0.25, -0.2) is 4.99 Å². The molecule has 6 nitrogen and oxygen atoms in total. The van der Waals surface area contributed by atoms with E-state index in [2.05, 4.69) is 36.7 Å². The predicted molar refractivity (Wildman–Crippen MR) is 131 cm³/mol. The number of benzene rings is 1. The third kappa shape index (κ3) is 12.2. The molecule has 0 saturated carbocycles. The lowest BCUT2D eigenvalue weighted by Gasteiger charge is -2.17.